The Morgan fingerprint density at radius 1 is 1.24 bits per heavy atom. The lowest BCUT2D eigenvalue weighted by atomic mass is 10.2. The van der Waals surface area contributed by atoms with Crippen LogP contribution in [0.15, 0.2) is 36.7 Å². The number of nitrogens with two attached hydrogens (primary N) is 1. The first-order chi connectivity index (χ1) is 11.6. The molecule has 0 radical (unpaired) electrons. The van der Waals surface area contributed by atoms with E-state index in [1.165, 1.54) is 18.5 Å². The highest BCUT2D eigenvalue weighted by molar-refractivity contribution is 5.88. The van der Waals surface area contributed by atoms with Crippen LogP contribution < -0.4 is 11.3 Å². The molecule has 0 aromatic carbocycles. The van der Waals surface area contributed by atoms with E-state index in [1.54, 1.807) is 39.0 Å². The van der Waals surface area contributed by atoms with Crippen molar-refractivity contribution in [3.05, 3.63) is 53.5 Å². The lowest BCUT2D eigenvalue weighted by Crippen LogP contribution is -2.25. The van der Waals surface area contributed by atoms with Crippen molar-refractivity contribution in [1.82, 2.24) is 9.97 Å². The molecule has 0 atom stereocenters. The molecule has 2 aromatic heterocycles. The number of ether oxygens (including phenoxy) is 1. The zero-order valence-corrected chi connectivity index (χ0v) is 14.6. The second-order valence-electron chi connectivity index (χ2n) is 6.06. The molecule has 8 heteroatoms. The van der Waals surface area contributed by atoms with E-state index in [2.05, 4.69) is 15.4 Å². The monoisotopic (exact) mass is 346 g/mol. The van der Waals surface area contributed by atoms with E-state index in [4.69, 9.17) is 15.7 Å². The Morgan fingerprint density at radius 2 is 1.92 bits per heavy atom. The highest BCUT2D eigenvalue weighted by Gasteiger charge is 2.19. The van der Waals surface area contributed by atoms with Crippen molar-refractivity contribution in [3.8, 4) is 0 Å². The second-order valence-corrected chi connectivity index (χ2v) is 6.06. The number of anilines is 1. The topological polar surface area (TPSA) is 127 Å². The van der Waals surface area contributed by atoms with Crippen LogP contribution in [0, 0.1) is 6.92 Å². The molecule has 0 bridgehead atoms. The number of aromatic nitrogens is 2. The molecule has 0 fully saturated rings. The minimum Gasteiger partial charge on any atom is -0.478 e. The fourth-order valence-electron chi connectivity index (χ4n) is 1.61. The van der Waals surface area contributed by atoms with Crippen molar-refractivity contribution in [2.45, 2.75) is 33.3 Å². The minimum atomic E-state index is -0.942. The van der Waals surface area contributed by atoms with Crippen molar-refractivity contribution in [2.24, 2.45) is 5.84 Å². The van der Waals surface area contributed by atoms with Gasteiger partial charge >= 0.3 is 11.9 Å². The van der Waals surface area contributed by atoms with E-state index in [9.17, 15) is 9.59 Å². The maximum atomic E-state index is 11.7. The molecule has 0 amide bonds. The number of nitrogen functional groups attached to an aromatic ring is 1. The first-order valence-electron chi connectivity index (χ1n) is 7.45. The molecule has 0 aliphatic heterocycles. The SMILES string of the molecule is Cc1ccc(C(=O)OC(C)(C)C)nc1NN.O=C(O)c1cccnc1. The Bertz CT molecular complexity index is 727. The van der Waals surface area contributed by atoms with Gasteiger partial charge in [0.1, 0.15) is 11.4 Å². The van der Waals surface area contributed by atoms with Gasteiger partial charge in [0.2, 0.25) is 0 Å². The van der Waals surface area contributed by atoms with Gasteiger partial charge < -0.3 is 15.3 Å². The molecule has 2 aromatic rings. The summed E-state index contributed by atoms with van der Waals surface area (Å²) in [5.74, 6) is 4.36. The number of pyridine rings is 2. The van der Waals surface area contributed by atoms with Crippen LogP contribution in [-0.2, 0) is 4.74 Å². The summed E-state index contributed by atoms with van der Waals surface area (Å²) in [5, 5.41) is 8.34. The zero-order chi connectivity index (χ0) is 19.0. The molecular weight excluding hydrogens is 324 g/mol. The van der Waals surface area contributed by atoms with Gasteiger partial charge in [0.05, 0.1) is 5.56 Å². The quantitative estimate of drug-likeness (QED) is 0.439. The number of hydrogen-bond acceptors (Lipinski definition) is 7. The van der Waals surface area contributed by atoms with Crippen LogP contribution in [0.25, 0.3) is 0 Å². The Morgan fingerprint density at radius 3 is 2.36 bits per heavy atom. The van der Waals surface area contributed by atoms with Gasteiger partial charge in [-0.2, -0.15) is 0 Å². The van der Waals surface area contributed by atoms with Gasteiger partial charge in [-0.15, -0.1) is 0 Å². The van der Waals surface area contributed by atoms with Crippen molar-refractivity contribution >= 4 is 17.8 Å². The Balaban J connectivity index is 0.000000293. The van der Waals surface area contributed by atoms with Crippen LogP contribution >= 0.6 is 0 Å². The van der Waals surface area contributed by atoms with E-state index in [1.807, 2.05) is 6.92 Å². The largest absolute Gasteiger partial charge is 0.478 e. The van der Waals surface area contributed by atoms with Crippen molar-refractivity contribution < 1.29 is 19.4 Å². The van der Waals surface area contributed by atoms with Crippen molar-refractivity contribution in [1.29, 1.82) is 0 Å². The molecule has 0 aliphatic carbocycles. The number of aromatic carboxylic acids is 1. The molecule has 0 saturated carbocycles. The van der Waals surface area contributed by atoms with Crippen LogP contribution in [0.2, 0.25) is 0 Å². The molecule has 2 rings (SSSR count). The number of carbonyl (C=O) groups excluding carboxylic acids is 1. The average molecular weight is 346 g/mol. The van der Waals surface area contributed by atoms with Crippen LogP contribution in [0.5, 0.6) is 0 Å². The Labute approximate surface area is 146 Å². The number of carboxylic acids is 1. The molecule has 0 unspecified atom stereocenters. The molecule has 0 saturated heterocycles. The summed E-state index contributed by atoms with van der Waals surface area (Å²) in [6.45, 7) is 7.27. The van der Waals surface area contributed by atoms with E-state index in [-0.39, 0.29) is 11.3 Å². The van der Waals surface area contributed by atoms with Crippen LogP contribution in [0.3, 0.4) is 0 Å². The number of aryl methyl sites for hydroxylation is 1. The summed E-state index contributed by atoms with van der Waals surface area (Å²) in [7, 11) is 0. The number of esters is 1. The lowest BCUT2D eigenvalue weighted by Gasteiger charge is -2.19. The molecule has 0 aliphatic rings. The van der Waals surface area contributed by atoms with Crippen LogP contribution in [0.1, 0.15) is 47.2 Å². The van der Waals surface area contributed by atoms with Gasteiger partial charge in [0.25, 0.3) is 0 Å². The number of carbonyl (C=O) groups is 2. The smallest absolute Gasteiger partial charge is 0.357 e. The van der Waals surface area contributed by atoms with E-state index in [0.717, 1.165) is 5.56 Å². The maximum Gasteiger partial charge on any atom is 0.357 e. The van der Waals surface area contributed by atoms with Gasteiger partial charge in [0.15, 0.2) is 5.69 Å². The lowest BCUT2D eigenvalue weighted by molar-refractivity contribution is 0.00628. The number of nitrogens with zero attached hydrogens (tertiary/aromatic N) is 2. The number of hydrazine groups is 1. The zero-order valence-electron chi connectivity index (χ0n) is 14.6. The predicted molar refractivity (Wildman–Crippen MR) is 93.1 cm³/mol. The average Bonchev–Trinajstić information content (AvgIpc) is 2.55. The molecule has 4 N–H and O–H groups in total. The predicted octanol–water partition coefficient (Wildman–Crippen LogP) is 2.41. The highest BCUT2D eigenvalue weighted by atomic mass is 16.6. The summed E-state index contributed by atoms with van der Waals surface area (Å²) in [5.41, 5.74) is 3.24. The molecular formula is C17H22N4O4. The van der Waals surface area contributed by atoms with Gasteiger partial charge in [-0.1, -0.05) is 6.07 Å². The highest BCUT2D eigenvalue weighted by Crippen LogP contribution is 2.14. The Hall–Kier alpha value is -3.00. The molecule has 0 spiro atoms. The standard InChI is InChI=1S/C11H17N3O2.C6H5NO2/c1-7-5-6-8(13-9(7)14-12)10(15)16-11(2,3)4;8-6(9)5-2-1-3-7-4-5/h5-6H,12H2,1-4H3,(H,13,14);1-4H,(H,8,9). The molecule has 2 heterocycles. The van der Waals surface area contributed by atoms with Crippen molar-refractivity contribution in [3.63, 3.8) is 0 Å². The summed E-state index contributed by atoms with van der Waals surface area (Å²) in [6, 6.07) is 6.46. The maximum absolute atomic E-state index is 11.7. The van der Waals surface area contributed by atoms with Gasteiger partial charge in [-0.25, -0.2) is 20.4 Å². The van der Waals surface area contributed by atoms with E-state index >= 15 is 0 Å². The first-order valence-corrected chi connectivity index (χ1v) is 7.45. The number of hydrogen-bond donors (Lipinski definition) is 3. The van der Waals surface area contributed by atoms with Gasteiger partial charge in [0, 0.05) is 12.4 Å². The third-order valence-corrected chi connectivity index (χ3v) is 2.75. The third-order valence-electron chi connectivity index (χ3n) is 2.75. The number of nitrogens with one attached hydrogen (secondary N) is 1. The van der Waals surface area contributed by atoms with E-state index in [0.29, 0.717) is 5.82 Å². The van der Waals surface area contributed by atoms with Crippen LogP contribution in [-0.4, -0.2) is 32.6 Å². The summed E-state index contributed by atoms with van der Waals surface area (Å²) < 4.78 is 5.19. The summed E-state index contributed by atoms with van der Waals surface area (Å²) in [4.78, 5) is 29.5. The van der Waals surface area contributed by atoms with Crippen molar-refractivity contribution in [2.75, 3.05) is 5.43 Å². The molecule has 134 valence electrons. The Kier molecular flexibility index (Phi) is 7.01. The summed E-state index contributed by atoms with van der Waals surface area (Å²) in [6.07, 6.45) is 2.84. The molecule has 25 heavy (non-hydrogen) atoms. The molecule has 8 nitrogen and oxygen atoms in total. The first kappa shape index (κ1) is 20.0. The van der Waals surface area contributed by atoms with Gasteiger partial charge in [-0.05, 0) is 51.5 Å². The number of rotatable bonds is 3. The second kappa shape index (κ2) is 8.74. The van der Waals surface area contributed by atoms with E-state index < -0.39 is 17.5 Å². The number of carboxylic acid groups (broad SMARTS) is 1. The third kappa shape index (κ3) is 6.96. The van der Waals surface area contributed by atoms with Crippen LogP contribution in [0.4, 0.5) is 5.82 Å². The fourth-order valence-corrected chi connectivity index (χ4v) is 1.61. The fraction of sp³-hybridized carbons (Fsp3) is 0.294. The van der Waals surface area contributed by atoms with Gasteiger partial charge in [-0.3, -0.25) is 4.98 Å². The minimum absolute atomic E-state index is 0.220. The normalized spacial score (nSPS) is 10.3. The summed E-state index contributed by atoms with van der Waals surface area (Å²) >= 11 is 0.